The summed E-state index contributed by atoms with van der Waals surface area (Å²) in [6, 6.07) is 19.6. The van der Waals surface area contributed by atoms with Crippen LogP contribution in [0.25, 0.3) is 0 Å². The first-order valence-corrected chi connectivity index (χ1v) is 10.1. The Balaban J connectivity index is 1.47. The number of rotatable bonds is 9. The summed E-state index contributed by atoms with van der Waals surface area (Å²) in [6.45, 7) is 2.01. The predicted octanol–water partition coefficient (Wildman–Crippen LogP) is 2.82. The van der Waals surface area contributed by atoms with E-state index in [9.17, 15) is 14.4 Å². The van der Waals surface area contributed by atoms with Crippen molar-refractivity contribution in [3.63, 3.8) is 0 Å². The molecule has 4 N–H and O–H groups in total. The standard InChI is InChI=1S/C24H23N3O6/c1-2-31-20-5-3-4-6-21(20)32-15-22(28)26-27-24(30)17-9-13-19(14-10-17)33-18-11-7-16(8-12-18)23(25)29/h3-14H,2,15H2,1H3,(H2,25,29)(H,26,28)(H,27,30). The predicted molar refractivity (Wildman–Crippen MR) is 120 cm³/mol. The van der Waals surface area contributed by atoms with Gasteiger partial charge in [-0.1, -0.05) is 12.1 Å². The van der Waals surface area contributed by atoms with E-state index in [1.165, 1.54) is 0 Å². The van der Waals surface area contributed by atoms with Gasteiger partial charge in [0.25, 0.3) is 11.8 Å². The number of nitrogens with one attached hydrogen (secondary N) is 2. The number of carbonyl (C=O) groups is 3. The molecule has 9 nitrogen and oxygen atoms in total. The van der Waals surface area contributed by atoms with Gasteiger partial charge in [-0.15, -0.1) is 0 Å². The van der Waals surface area contributed by atoms with Gasteiger partial charge in [-0.3, -0.25) is 25.2 Å². The fourth-order valence-electron chi connectivity index (χ4n) is 2.72. The second-order valence-electron chi connectivity index (χ2n) is 6.69. The zero-order chi connectivity index (χ0) is 23.6. The molecule has 0 spiro atoms. The molecule has 3 amide bonds. The second-order valence-corrected chi connectivity index (χ2v) is 6.69. The van der Waals surface area contributed by atoms with Crippen LogP contribution in [0.2, 0.25) is 0 Å². The van der Waals surface area contributed by atoms with Crippen molar-refractivity contribution in [3.8, 4) is 23.0 Å². The van der Waals surface area contributed by atoms with Crippen molar-refractivity contribution in [2.24, 2.45) is 5.73 Å². The van der Waals surface area contributed by atoms with E-state index in [2.05, 4.69) is 10.9 Å². The molecule has 0 aromatic heterocycles. The largest absolute Gasteiger partial charge is 0.490 e. The van der Waals surface area contributed by atoms with Crippen molar-refractivity contribution in [1.29, 1.82) is 0 Å². The molecule has 3 aromatic carbocycles. The Kier molecular flexibility index (Phi) is 7.85. The molecule has 0 heterocycles. The Morgan fingerprint density at radius 3 is 1.85 bits per heavy atom. The first-order chi connectivity index (χ1) is 16.0. The molecule has 0 bridgehead atoms. The average molecular weight is 449 g/mol. The van der Waals surface area contributed by atoms with E-state index < -0.39 is 17.7 Å². The maximum Gasteiger partial charge on any atom is 0.276 e. The van der Waals surface area contributed by atoms with Gasteiger partial charge in [0.05, 0.1) is 6.61 Å². The highest BCUT2D eigenvalue weighted by molar-refractivity contribution is 5.95. The molecule has 0 aliphatic carbocycles. The van der Waals surface area contributed by atoms with Crippen LogP contribution in [0.3, 0.4) is 0 Å². The third-order valence-corrected chi connectivity index (χ3v) is 4.31. The van der Waals surface area contributed by atoms with Gasteiger partial charge in [0.2, 0.25) is 5.91 Å². The summed E-state index contributed by atoms with van der Waals surface area (Å²) in [5, 5.41) is 0. The molecule has 33 heavy (non-hydrogen) atoms. The molecule has 3 aromatic rings. The number of primary amides is 1. The van der Waals surface area contributed by atoms with Gasteiger partial charge < -0.3 is 19.9 Å². The SMILES string of the molecule is CCOc1ccccc1OCC(=O)NNC(=O)c1ccc(Oc2ccc(C(N)=O)cc2)cc1. The lowest BCUT2D eigenvalue weighted by Crippen LogP contribution is -2.43. The van der Waals surface area contributed by atoms with Crippen LogP contribution in [-0.2, 0) is 4.79 Å². The number of nitrogens with two attached hydrogens (primary N) is 1. The molecule has 0 aliphatic heterocycles. The van der Waals surface area contributed by atoms with Gasteiger partial charge in [0.1, 0.15) is 11.5 Å². The van der Waals surface area contributed by atoms with Crippen LogP contribution in [0.1, 0.15) is 27.6 Å². The molecule has 0 saturated carbocycles. The minimum atomic E-state index is -0.533. The van der Waals surface area contributed by atoms with Crippen molar-refractivity contribution < 1.29 is 28.6 Å². The summed E-state index contributed by atoms with van der Waals surface area (Å²) in [5.74, 6) is 0.401. The van der Waals surface area contributed by atoms with Gasteiger partial charge in [-0.05, 0) is 67.6 Å². The summed E-state index contributed by atoms with van der Waals surface area (Å²) in [5.41, 5.74) is 10.5. The first kappa shape index (κ1) is 23.1. The summed E-state index contributed by atoms with van der Waals surface area (Å²) in [7, 11) is 0. The normalized spacial score (nSPS) is 10.1. The molecular weight excluding hydrogens is 426 g/mol. The van der Waals surface area contributed by atoms with E-state index in [4.69, 9.17) is 19.9 Å². The zero-order valence-corrected chi connectivity index (χ0v) is 17.9. The number of hydrazine groups is 1. The van der Waals surface area contributed by atoms with Crippen LogP contribution in [-0.4, -0.2) is 30.9 Å². The van der Waals surface area contributed by atoms with Crippen LogP contribution in [0.15, 0.2) is 72.8 Å². The maximum atomic E-state index is 12.3. The van der Waals surface area contributed by atoms with Crippen LogP contribution < -0.4 is 30.8 Å². The average Bonchev–Trinajstić information content (AvgIpc) is 2.83. The molecule has 0 radical (unpaired) electrons. The number of para-hydroxylation sites is 2. The Morgan fingerprint density at radius 1 is 0.758 bits per heavy atom. The number of ether oxygens (including phenoxy) is 3. The van der Waals surface area contributed by atoms with Gasteiger partial charge in [0.15, 0.2) is 18.1 Å². The smallest absolute Gasteiger partial charge is 0.276 e. The fraction of sp³-hybridized carbons (Fsp3) is 0.125. The van der Waals surface area contributed by atoms with E-state index in [1.54, 1.807) is 72.8 Å². The number of carbonyl (C=O) groups excluding carboxylic acids is 3. The van der Waals surface area contributed by atoms with Crippen LogP contribution in [0, 0.1) is 0 Å². The second kappa shape index (κ2) is 11.2. The fourth-order valence-corrected chi connectivity index (χ4v) is 2.72. The molecule has 0 saturated heterocycles. The van der Waals surface area contributed by atoms with Gasteiger partial charge in [-0.2, -0.15) is 0 Å². The molecule has 0 fully saturated rings. The van der Waals surface area contributed by atoms with E-state index in [0.29, 0.717) is 40.7 Å². The van der Waals surface area contributed by atoms with Crippen molar-refractivity contribution >= 4 is 17.7 Å². The van der Waals surface area contributed by atoms with Crippen LogP contribution >= 0.6 is 0 Å². The van der Waals surface area contributed by atoms with E-state index in [0.717, 1.165) is 0 Å². The van der Waals surface area contributed by atoms with E-state index >= 15 is 0 Å². The topological polar surface area (TPSA) is 129 Å². The van der Waals surface area contributed by atoms with E-state index in [1.807, 2.05) is 6.92 Å². The molecule has 3 rings (SSSR count). The lowest BCUT2D eigenvalue weighted by Gasteiger charge is -2.12. The van der Waals surface area contributed by atoms with Crippen LogP contribution in [0.5, 0.6) is 23.0 Å². The minimum Gasteiger partial charge on any atom is -0.490 e. The third kappa shape index (κ3) is 6.73. The number of hydrogen-bond acceptors (Lipinski definition) is 6. The molecular formula is C24H23N3O6. The van der Waals surface area contributed by atoms with Gasteiger partial charge >= 0.3 is 0 Å². The van der Waals surface area contributed by atoms with Crippen molar-refractivity contribution in [2.45, 2.75) is 6.92 Å². The quantitative estimate of drug-likeness (QED) is 0.431. The highest BCUT2D eigenvalue weighted by Crippen LogP contribution is 2.26. The summed E-state index contributed by atoms with van der Waals surface area (Å²) in [6.07, 6.45) is 0. The van der Waals surface area contributed by atoms with Crippen molar-refractivity contribution in [1.82, 2.24) is 10.9 Å². The highest BCUT2D eigenvalue weighted by Gasteiger charge is 2.10. The molecule has 0 unspecified atom stereocenters. The summed E-state index contributed by atoms with van der Waals surface area (Å²) < 4.78 is 16.6. The molecule has 0 atom stereocenters. The van der Waals surface area contributed by atoms with Crippen molar-refractivity contribution in [2.75, 3.05) is 13.2 Å². The van der Waals surface area contributed by atoms with Crippen molar-refractivity contribution in [3.05, 3.63) is 83.9 Å². The lowest BCUT2D eigenvalue weighted by atomic mass is 10.2. The Morgan fingerprint density at radius 2 is 1.30 bits per heavy atom. The maximum absolute atomic E-state index is 12.3. The van der Waals surface area contributed by atoms with E-state index in [-0.39, 0.29) is 6.61 Å². The van der Waals surface area contributed by atoms with Gasteiger partial charge in [-0.25, -0.2) is 0 Å². The third-order valence-electron chi connectivity index (χ3n) is 4.31. The number of hydrogen-bond donors (Lipinski definition) is 3. The lowest BCUT2D eigenvalue weighted by molar-refractivity contribution is -0.123. The summed E-state index contributed by atoms with van der Waals surface area (Å²) in [4.78, 5) is 35.4. The summed E-state index contributed by atoms with van der Waals surface area (Å²) >= 11 is 0. The van der Waals surface area contributed by atoms with Gasteiger partial charge in [0, 0.05) is 11.1 Å². The Bertz CT molecular complexity index is 1110. The molecule has 0 aliphatic rings. The van der Waals surface area contributed by atoms with Crippen LogP contribution in [0.4, 0.5) is 0 Å². The number of amides is 3. The monoisotopic (exact) mass is 449 g/mol. The molecule has 9 heteroatoms. The molecule has 170 valence electrons. The minimum absolute atomic E-state index is 0.300. The Labute approximate surface area is 190 Å². The first-order valence-electron chi connectivity index (χ1n) is 10.1. The number of benzene rings is 3. The zero-order valence-electron chi connectivity index (χ0n) is 17.9. The highest BCUT2D eigenvalue weighted by atomic mass is 16.5. The Hall–Kier alpha value is -4.53.